The van der Waals surface area contributed by atoms with Crippen LogP contribution in [0.2, 0.25) is 0 Å². The van der Waals surface area contributed by atoms with Crippen molar-refractivity contribution >= 4 is 11.9 Å². The van der Waals surface area contributed by atoms with E-state index in [0.29, 0.717) is 42.3 Å². The summed E-state index contributed by atoms with van der Waals surface area (Å²) in [4.78, 5) is 25.4. The lowest BCUT2D eigenvalue weighted by molar-refractivity contribution is 0.00729. The van der Waals surface area contributed by atoms with E-state index in [0.717, 1.165) is 25.7 Å². The van der Waals surface area contributed by atoms with Gasteiger partial charge in [0.05, 0.1) is 13.2 Å². The molecule has 6 nitrogen and oxygen atoms in total. The van der Waals surface area contributed by atoms with Crippen LogP contribution in [0.15, 0.2) is 48.5 Å². The van der Waals surface area contributed by atoms with E-state index in [9.17, 15) is 9.59 Å². The van der Waals surface area contributed by atoms with Gasteiger partial charge in [-0.2, -0.15) is 0 Å². The fraction of sp³-hybridized carbons (Fsp3) is 0.481. The van der Waals surface area contributed by atoms with Gasteiger partial charge in [0.25, 0.3) is 0 Å². The van der Waals surface area contributed by atoms with Crippen molar-refractivity contribution < 1.29 is 28.5 Å². The summed E-state index contributed by atoms with van der Waals surface area (Å²) in [6.07, 6.45) is 3.32. The van der Waals surface area contributed by atoms with Crippen molar-refractivity contribution in [2.45, 2.75) is 72.0 Å². The van der Waals surface area contributed by atoms with Gasteiger partial charge in [0.2, 0.25) is 0 Å². The minimum absolute atomic E-state index is 0.370. The molecular weight excluding hydrogens is 420 g/mol. The number of hydrogen-bond acceptors (Lipinski definition) is 6. The van der Waals surface area contributed by atoms with Gasteiger partial charge in [0.15, 0.2) is 0 Å². The Hall–Kier alpha value is -3.02. The predicted molar refractivity (Wildman–Crippen MR) is 128 cm³/mol. The summed E-state index contributed by atoms with van der Waals surface area (Å²) in [6.45, 7) is 8.82. The molecule has 0 aliphatic carbocycles. The smallest absolute Gasteiger partial charge is 0.342 e. The van der Waals surface area contributed by atoms with Gasteiger partial charge in [-0.15, -0.1) is 0 Å². The highest BCUT2D eigenvalue weighted by molar-refractivity contribution is 5.93. The number of unbranched alkanes of at least 4 members (excludes halogenated alkanes) is 2. The normalized spacial score (nSPS) is 12.5. The third kappa shape index (κ3) is 8.79. The van der Waals surface area contributed by atoms with E-state index >= 15 is 0 Å². The van der Waals surface area contributed by atoms with Crippen LogP contribution in [0.5, 0.6) is 11.5 Å². The van der Waals surface area contributed by atoms with E-state index < -0.39 is 24.1 Å². The molecule has 0 fully saturated rings. The molecule has 33 heavy (non-hydrogen) atoms. The zero-order chi connectivity index (χ0) is 24.1. The molecule has 6 heteroatoms. The van der Waals surface area contributed by atoms with Gasteiger partial charge in [-0.25, -0.2) is 9.59 Å². The van der Waals surface area contributed by atoms with Gasteiger partial charge in [-0.05, 0) is 51.0 Å². The average molecular weight is 457 g/mol. The zero-order valence-electron chi connectivity index (χ0n) is 20.2. The summed E-state index contributed by atoms with van der Waals surface area (Å²) in [5.74, 6) is 0.121. The SMILES string of the molecule is CCCCOc1ccccc1C(=O)OC(C)CC(C)OC(=O)c1ccccc1OCCCC. The molecule has 0 aliphatic rings. The molecule has 0 bridgehead atoms. The fourth-order valence-electron chi connectivity index (χ4n) is 3.23. The number of carbonyl (C=O) groups excluding carboxylic acids is 2. The summed E-state index contributed by atoms with van der Waals surface area (Å²) < 4.78 is 22.6. The molecular formula is C27H36O6. The third-order valence-corrected chi connectivity index (χ3v) is 5.01. The first kappa shape index (κ1) is 26.2. The van der Waals surface area contributed by atoms with E-state index in [1.54, 1.807) is 50.2 Å². The standard InChI is InChI=1S/C27H36O6/c1-5-7-17-30-24-15-11-9-13-22(24)26(28)32-20(3)19-21(4)33-27(29)23-14-10-12-16-25(23)31-18-8-6-2/h9-16,20-21H,5-8,17-19H2,1-4H3. The van der Waals surface area contributed by atoms with Crippen molar-refractivity contribution in [3.05, 3.63) is 59.7 Å². The van der Waals surface area contributed by atoms with Gasteiger partial charge in [-0.1, -0.05) is 51.0 Å². The molecule has 2 atom stereocenters. The van der Waals surface area contributed by atoms with E-state index in [-0.39, 0.29) is 0 Å². The monoisotopic (exact) mass is 456 g/mol. The Morgan fingerprint density at radius 1 is 0.697 bits per heavy atom. The third-order valence-electron chi connectivity index (χ3n) is 5.01. The summed E-state index contributed by atoms with van der Waals surface area (Å²) in [5.41, 5.74) is 0.784. The lowest BCUT2D eigenvalue weighted by Crippen LogP contribution is -2.24. The first-order chi connectivity index (χ1) is 16.0. The molecule has 0 aromatic heterocycles. The second-order valence-electron chi connectivity index (χ2n) is 8.06. The molecule has 2 aromatic rings. The van der Waals surface area contributed by atoms with Gasteiger partial charge in [-0.3, -0.25) is 0 Å². The number of para-hydroxylation sites is 2. The van der Waals surface area contributed by atoms with Crippen LogP contribution in [0, 0.1) is 0 Å². The molecule has 0 N–H and O–H groups in total. The van der Waals surface area contributed by atoms with Crippen molar-refractivity contribution in [1.29, 1.82) is 0 Å². The summed E-state index contributed by atoms with van der Waals surface area (Å²) in [6, 6.07) is 14.1. The van der Waals surface area contributed by atoms with Gasteiger partial charge in [0.1, 0.15) is 34.8 Å². The first-order valence-electron chi connectivity index (χ1n) is 11.8. The Morgan fingerprint density at radius 2 is 1.09 bits per heavy atom. The second kappa shape index (κ2) is 14.2. The number of ether oxygens (including phenoxy) is 4. The maximum atomic E-state index is 12.7. The molecule has 0 spiro atoms. The number of hydrogen-bond donors (Lipinski definition) is 0. The van der Waals surface area contributed by atoms with Crippen LogP contribution in [-0.2, 0) is 9.47 Å². The Bertz CT molecular complexity index is 807. The van der Waals surface area contributed by atoms with Gasteiger partial charge >= 0.3 is 11.9 Å². The Labute approximate surface area is 197 Å². The number of rotatable bonds is 14. The highest BCUT2D eigenvalue weighted by Gasteiger charge is 2.21. The molecule has 2 aromatic carbocycles. The molecule has 0 saturated heterocycles. The van der Waals surface area contributed by atoms with Crippen molar-refractivity contribution in [2.75, 3.05) is 13.2 Å². The number of carbonyl (C=O) groups is 2. The Morgan fingerprint density at radius 3 is 1.48 bits per heavy atom. The van der Waals surface area contributed by atoms with Crippen LogP contribution < -0.4 is 9.47 Å². The molecule has 0 aliphatic heterocycles. The maximum Gasteiger partial charge on any atom is 0.342 e. The minimum atomic E-state index is -0.456. The van der Waals surface area contributed by atoms with Gasteiger partial charge in [0, 0.05) is 6.42 Å². The van der Waals surface area contributed by atoms with Crippen molar-refractivity contribution in [1.82, 2.24) is 0 Å². The van der Waals surface area contributed by atoms with Gasteiger partial charge < -0.3 is 18.9 Å². The summed E-state index contributed by atoms with van der Waals surface area (Å²) in [5, 5.41) is 0. The van der Waals surface area contributed by atoms with Crippen LogP contribution in [-0.4, -0.2) is 37.4 Å². The molecule has 2 unspecified atom stereocenters. The molecule has 180 valence electrons. The van der Waals surface area contributed by atoms with E-state index in [2.05, 4.69) is 13.8 Å². The van der Waals surface area contributed by atoms with Crippen LogP contribution in [0.25, 0.3) is 0 Å². The van der Waals surface area contributed by atoms with Crippen molar-refractivity contribution in [3.8, 4) is 11.5 Å². The Kier molecular flexibility index (Phi) is 11.3. The Balaban J connectivity index is 1.90. The quantitative estimate of drug-likeness (QED) is 0.248. The second-order valence-corrected chi connectivity index (χ2v) is 8.06. The molecule has 0 saturated carbocycles. The molecule has 2 rings (SSSR count). The lowest BCUT2D eigenvalue weighted by atomic mass is 10.1. The summed E-state index contributed by atoms with van der Waals surface area (Å²) in [7, 11) is 0. The van der Waals surface area contributed by atoms with Crippen molar-refractivity contribution in [3.63, 3.8) is 0 Å². The predicted octanol–water partition coefficient (Wildman–Crippen LogP) is 6.23. The minimum Gasteiger partial charge on any atom is -0.493 e. The fourth-order valence-corrected chi connectivity index (χ4v) is 3.23. The number of benzene rings is 2. The van der Waals surface area contributed by atoms with E-state index in [1.807, 2.05) is 12.1 Å². The average Bonchev–Trinajstić information content (AvgIpc) is 2.79. The number of esters is 2. The lowest BCUT2D eigenvalue weighted by Gasteiger charge is -2.20. The van der Waals surface area contributed by atoms with E-state index in [1.165, 1.54) is 0 Å². The molecule has 0 amide bonds. The highest BCUT2D eigenvalue weighted by atomic mass is 16.6. The first-order valence-corrected chi connectivity index (χ1v) is 11.8. The molecule has 0 radical (unpaired) electrons. The van der Waals surface area contributed by atoms with E-state index in [4.69, 9.17) is 18.9 Å². The maximum absolute atomic E-state index is 12.7. The van der Waals surface area contributed by atoms with Crippen LogP contribution in [0.3, 0.4) is 0 Å². The van der Waals surface area contributed by atoms with Crippen LogP contribution in [0.4, 0.5) is 0 Å². The largest absolute Gasteiger partial charge is 0.493 e. The van der Waals surface area contributed by atoms with Crippen LogP contribution >= 0.6 is 0 Å². The summed E-state index contributed by atoms with van der Waals surface area (Å²) >= 11 is 0. The zero-order valence-corrected chi connectivity index (χ0v) is 20.2. The highest BCUT2D eigenvalue weighted by Crippen LogP contribution is 2.22. The molecule has 0 heterocycles. The van der Waals surface area contributed by atoms with Crippen molar-refractivity contribution in [2.24, 2.45) is 0 Å². The topological polar surface area (TPSA) is 71.1 Å². The van der Waals surface area contributed by atoms with Crippen LogP contribution in [0.1, 0.15) is 80.5 Å².